The highest BCUT2D eigenvalue weighted by atomic mass is 16.3. The number of carbonyl (C=O) groups excluding carboxylic acids is 2. The number of carbonyl (C=O) groups is 2. The number of piperidine rings is 2. The van der Waals surface area contributed by atoms with E-state index < -0.39 is 0 Å². The molecule has 3 heterocycles. The van der Waals surface area contributed by atoms with E-state index >= 15 is 0 Å². The van der Waals surface area contributed by atoms with Gasteiger partial charge in [0, 0.05) is 43.0 Å². The van der Waals surface area contributed by atoms with Crippen molar-refractivity contribution in [3.05, 3.63) is 48.2 Å². The number of benzene rings is 2. The molecular weight excluding hydrogens is 376 g/mol. The standard InChI is InChI=1S/C25H28N2O3/c28-23(26-14-10-19(11-15-26)25(29)27-12-4-1-5-13-27)16-20-17-30-22-9-8-18-6-2-3-7-21(18)24(20)22/h2-3,6-9,17,19H,1,4-5,10-16H2. The van der Waals surface area contributed by atoms with E-state index in [1.807, 2.05) is 28.0 Å². The Morgan fingerprint density at radius 3 is 2.47 bits per heavy atom. The maximum absolute atomic E-state index is 13.0. The van der Waals surface area contributed by atoms with E-state index in [0.717, 1.165) is 66.1 Å². The Labute approximate surface area is 176 Å². The lowest BCUT2D eigenvalue weighted by atomic mass is 9.94. The normalized spacial score (nSPS) is 18.3. The smallest absolute Gasteiger partial charge is 0.227 e. The van der Waals surface area contributed by atoms with Crippen molar-refractivity contribution < 1.29 is 14.0 Å². The number of hydrogen-bond acceptors (Lipinski definition) is 3. The Balaban J connectivity index is 1.26. The minimum absolute atomic E-state index is 0.0749. The molecule has 30 heavy (non-hydrogen) atoms. The summed E-state index contributed by atoms with van der Waals surface area (Å²) in [6, 6.07) is 12.2. The highest BCUT2D eigenvalue weighted by Gasteiger charge is 2.31. The van der Waals surface area contributed by atoms with Crippen molar-refractivity contribution >= 4 is 33.6 Å². The van der Waals surface area contributed by atoms with Gasteiger partial charge in [0.15, 0.2) is 0 Å². The molecule has 5 heteroatoms. The van der Waals surface area contributed by atoms with Crippen molar-refractivity contribution in [2.24, 2.45) is 5.92 Å². The van der Waals surface area contributed by atoms with Gasteiger partial charge in [0.25, 0.3) is 0 Å². The lowest BCUT2D eigenvalue weighted by Crippen LogP contribution is -2.46. The first-order valence-corrected chi connectivity index (χ1v) is 11.1. The molecule has 1 aromatic heterocycles. The van der Waals surface area contributed by atoms with E-state index in [4.69, 9.17) is 4.42 Å². The van der Waals surface area contributed by atoms with Gasteiger partial charge in [-0.15, -0.1) is 0 Å². The number of amides is 2. The van der Waals surface area contributed by atoms with Gasteiger partial charge in [0.2, 0.25) is 11.8 Å². The van der Waals surface area contributed by atoms with E-state index in [1.165, 1.54) is 6.42 Å². The molecule has 0 unspecified atom stereocenters. The third-order valence-electron chi connectivity index (χ3n) is 6.75. The molecule has 5 nitrogen and oxygen atoms in total. The minimum Gasteiger partial charge on any atom is -0.464 e. The number of rotatable bonds is 3. The summed E-state index contributed by atoms with van der Waals surface area (Å²) in [4.78, 5) is 29.7. The molecule has 2 aromatic carbocycles. The van der Waals surface area contributed by atoms with Crippen LogP contribution in [-0.2, 0) is 16.0 Å². The molecule has 0 N–H and O–H groups in total. The van der Waals surface area contributed by atoms with Gasteiger partial charge in [0.05, 0.1) is 12.7 Å². The van der Waals surface area contributed by atoms with Crippen LogP contribution < -0.4 is 0 Å². The molecule has 2 saturated heterocycles. The van der Waals surface area contributed by atoms with E-state index in [0.29, 0.717) is 25.4 Å². The zero-order valence-corrected chi connectivity index (χ0v) is 17.3. The largest absolute Gasteiger partial charge is 0.464 e. The van der Waals surface area contributed by atoms with Gasteiger partial charge in [-0.2, -0.15) is 0 Å². The summed E-state index contributed by atoms with van der Waals surface area (Å²) in [6.07, 6.45) is 7.08. The maximum atomic E-state index is 13.0. The summed E-state index contributed by atoms with van der Waals surface area (Å²) in [5.74, 6) is 0.495. The van der Waals surface area contributed by atoms with Crippen LogP contribution in [0.1, 0.15) is 37.7 Å². The van der Waals surface area contributed by atoms with Crippen molar-refractivity contribution in [2.75, 3.05) is 26.2 Å². The van der Waals surface area contributed by atoms with Crippen molar-refractivity contribution in [1.82, 2.24) is 9.80 Å². The SMILES string of the molecule is O=C(Cc1coc2ccc3ccccc3c12)N1CCC(C(=O)N2CCCCC2)CC1. The molecule has 3 aromatic rings. The van der Waals surface area contributed by atoms with Gasteiger partial charge in [0.1, 0.15) is 5.58 Å². The first-order chi connectivity index (χ1) is 14.7. The monoisotopic (exact) mass is 404 g/mol. The van der Waals surface area contributed by atoms with Crippen LogP contribution in [0.4, 0.5) is 0 Å². The summed E-state index contributed by atoms with van der Waals surface area (Å²) in [5.41, 5.74) is 1.76. The van der Waals surface area contributed by atoms with E-state index in [9.17, 15) is 9.59 Å². The zero-order valence-electron chi connectivity index (χ0n) is 17.3. The fourth-order valence-corrected chi connectivity index (χ4v) is 5.03. The van der Waals surface area contributed by atoms with Gasteiger partial charge in [-0.25, -0.2) is 0 Å². The second-order valence-electron chi connectivity index (χ2n) is 8.64. The predicted molar refractivity (Wildman–Crippen MR) is 117 cm³/mol. The Kier molecular flexibility index (Phi) is 5.19. The topological polar surface area (TPSA) is 53.8 Å². The quantitative estimate of drug-likeness (QED) is 0.651. The van der Waals surface area contributed by atoms with Crippen LogP contribution >= 0.6 is 0 Å². The number of nitrogens with zero attached hydrogens (tertiary/aromatic N) is 2. The van der Waals surface area contributed by atoms with Crippen LogP contribution in [0.2, 0.25) is 0 Å². The lowest BCUT2D eigenvalue weighted by molar-refractivity contribution is -0.141. The Hall–Kier alpha value is -2.82. The highest BCUT2D eigenvalue weighted by molar-refractivity contribution is 6.08. The highest BCUT2D eigenvalue weighted by Crippen LogP contribution is 2.31. The average molecular weight is 405 g/mol. The van der Waals surface area contributed by atoms with Gasteiger partial charge in [-0.3, -0.25) is 9.59 Å². The maximum Gasteiger partial charge on any atom is 0.227 e. The predicted octanol–water partition coefficient (Wildman–Crippen LogP) is 4.38. The first-order valence-electron chi connectivity index (χ1n) is 11.1. The van der Waals surface area contributed by atoms with E-state index in [-0.39, 0.29) is 11.8 Å². The van der Waals surface area contributed by atoms with E-state index in [2.05, 4.69) is 18.2 Å². The summed E-state index contributed by atoms with van der Waals surface area (Å²) < 4.78 is 5.74. The van der Waals surface area contributed by atoms with Crippen molar-refractivity contribution in [3.63, 3.8) is 0 Å². The molecular formula is C25H28N2O3. The minimum atomic E-state index is 0.0749. The first kappa shape index (κ1) is 19.2. The molecule has 2 aliphatic heterocycles. The summed E-state index contributed by atoms with van der Waals surface area (Å²) in [6.45, 7) is 3.14. The lowest BCUT2D eigenvalue weighted by Gasteiger charge is -2.35. The molecule has 156 valence electrons. The second-order valence-corrected chi connectivity index (χ2v) is 8.64. The van der Waals surface area contributed by atoms with Gasteiger partial charge in [-0.1, -0.05) is 30.3 Å². The molecule has 0 radical (unpaired) electrons. The second kappa shape index (κ2) is 8.13. The molecule has 2 fully saturated rings. The molecule has 0 bridgehead atoms. The fraction of sp³-hybridized carbons (Fsp3) is 0.440. The van der Waals surface area contributed by atoms with Crippen LogP contribution in [-0.4, -0.2) is 47.8 Å². The van der Waals surface area contributed by atoms with Gasteiger partial charge < -0.3 is 14.2 Å². The van der Waals surface area contributed by atoms with Crippen molar-refractivity contribution in [1.29, 1.82) is 0 Å². The Morgan fingerprint density at radius 2 is 1.67 bits per heavy atom. The molecule has 2 aliphatic rings. The van der Waals surface area contributed by atoms with Gasteiger partial charge in [-0.05, 0) is 48.9 Å². The summed E-state index contributed by atoms with van der Waals surface area (Å²) in [5, 5.41) is 3.31. The fourth-order valence-electron chi connectivity index (χ4n) is 5.03. The van der Waals surface area contributed by atoms with Crippen molar-refractivity contribution in [2.45, 2.75) is 38.5 Å². The van der Waals surface area contributed by atoms with Crippen LogP contribution in [0.15, 0.2) is 47.1 Å². The van der Waals surface area contributed by atoms with Crippen LogP contribution in [0.3, 0.4) is 0 Å². The van der Waals surface area contributed by atoms with Gasteiger partial charge >= 0.3 is 0 Å². The summed E-state index contributed by atoms with van der Waals surface area (Å²) >= 11 is 0. The Bertz CT molecular complexity index is 1070. The number of hydrogen-bond donors (Lipinski definition) is 0. The molecule has 5 rings (SSSR count). The van der Waals surface area contributed by atoms with Crippen LogP contribution in [0.5, 0.6) is 0 Å². The molecule has 0 spiro atoms. The number of furan rings is 1. The number of likely N-dealkylation sites (tertiary alicyclic amines) is 2. The van der Waals surface area contributed by atoms with Crippen LogP contribution in [0.25, 0.3) is 21.7 Å². The zero-order chi connectivity index (χ0) is 20.5. The third kappa shape index (κ3) is 3.57. The van der Waals surface area contributed by atoms with Crippen molar-refractivity contribution in [3.8, 4) is 0 Å². The third-order valence-corrected chi connectivity index (χ3v) is 6.75. The molecule has 0 aliphatic carbocycles. The average Bonchev–Trinajstić information content (AvgIpc) is 3.22. The Morgan fingerprint density at radius 1 is 0.900 bits per heavy atom. The molecule has 2 amide bonds. The summed E-state index contributed by atoms with van der Waals surface area (Å²) in [7, 11) is 0. The molecule has 0 saturated carbocycles. The van der Waals surface area contributed by atoms with E-state index in [1.54, 1.807) is 6.26 Å². The van der Waals surface area contributed by atoms with Crippen LogP contribution in [0, 0.1) is 5.92 Å². The number of fused-ring (bicyclic) bond motifs is 3. The molecule has 0 atom stereocenters.